The minimum Gasteiger partial charge on any atom is -0.382 e. The molecule has 0 saturated carbocycles. The molecule has 0 aliphatic heterocycles. The fourth-order valence-corrected chi connectivity index (χ4v) is 1.93. The minimum atomic E-state index is -0.652. The first-order valence-corrected chi connectivity index (χ1v) is 6.03. The highest BCUT2D eigenvalue weighted by Gasteiger charge is 2.14. The largest absolute Gasteiger partial charge is 0.382 e. The lowest BCUT2D eigenvalue weighted by molar-refractivity contribution is 0.209. The van der Waals surface area contributed by atoms with E-state index in [4.69, 9.17) is 11.6 Å². The molecule has 17 heavy (non-hydrogen) atoms. The minimum absolute atomic E-state index is 0.652. The number of halogens is 1. The number of aliphatic hydroxyl groups excluding tert-OH is 1. The molecule has 0 aliphatic carbocycles. The molecule has 0 amide bonds. The van der Waals surface area contributed by atoms with Crippen LogP contribution in [0.25, 0.3) is 0 Å². The van der Waals surface area contributed by atoms with Crippen LogP contribution >= 0.6 is 11.6 Å². The van der Waals surface area contributed by atoms with Gasteiger partial charge in [-0.05, 0) is 24.1 Å². The molecule has 1 N–H and O–H groups in total. The first-order chi connectivity index (χ1) is 8.22. The van der Waals surface area contributed by atoms with Gasteiger partial charge in [-0.15, -0.1) is 0 Å². The third kappa shape index (κ3) is 2.68. The lowest BCUT2D eigenvalue weighted by Gasteiger charge is -2.13. The van der Waals surface area contributed by atoms with Crippen LogP contribution in [-0.2, 0) is 6.54 Å². The van der Waals surface area contributed by atoms with Crippen molar-refractivity contribution < 1.29 is 5.11 Å². The third-order valence-corrected chi connectivity index (χ3v) is 2.93. The molecule has 0 spiro atoms. The van der Waals surface area contributed by atoms with Gasteiger partial charge in [0.2, 0.25) is 0 Å². The summed E-state index contributed by atoms with van der Waals surface area (Å²) in [5.41, 5.74) is 1.64. The predicted octanol–water partition coefficient (Wildman–Crippen LogP) is 3.03. The molecule has 1 aromatic heterocycles. The van der Waals surface area contributed by atoms with Crippen molar-refractivity contribution in [1.82, 2.24) is 9.55 Å². The van der Waals surface area contributed by atoms with E-state index in [0.29, 0.717) is 5.02 Å². The smallest absolute Gasteiger partial charge is 0.121 e. The molecule has 2 rings (SSSR count). The maximum absolute atomic E-state index is 10.3. The van der Waals surface area contributed by atoms with Gasteiger partial charge in [-0.1, -0.05) is 30.7 Å². The molecule has 3 nitrogen and oxygen atoms in total. The Morgan fingerprint density at radius 3 is 2.71 bits per heavy atom. The van der Waals surface area contributed by atoms with Crippen LogP contribution in [0.4, 0.5) is 0 Å². The number of hydrogen-bond donors (Lipinski definition) is 1. The van der Waals surface area contributed by atoms with Gasteiger partial charge < -0.3 is 9.67 Å². The van der Waals surface area contributed by atoms with Crippen LogP contribution in [-0.4, -0.2) is 14.7 Å². The van der Waals surface area contributed by atoms with Crippen LogP contribution in [0.15, 0.2) is 36.8 Å². The predicted molar refractivity (Wildman–Crippen MR) is 68.0 cm³/mol. The van der Waals surface area contributed by atoms with Gasteiger partial charge >= 0.3 is 0 Å². The fraction of sp³-hybridized carbons (Fsp3) is 0.308. The van der Waals surface area contributed by atoms with Crippen molar-refractivity contribution in [2.45, 2.75) is 26.0 Å². The normalized spacial score (nSPS) is 12.6. The Balaban J connectivity index is 2.26. The number of nitrogens with zero attached hydrogens (tertiary/aromatic N) is 2. The first-order valence-electron chi connectivity index (χ1n) is 5.66. The second-order valence-electron chi connectivity index (χ2n) is 3.97. The second-order valence-corrected chi connectivity index (χ2v) is 4.40. The van der Waals surface area contributed by atoms with Gasteiger partial charge in [0.05, 0.1) is 18.2 Å². The number of aromatic nitrogens is 2. The molecule has 0 aliphatic rings. The second kappa shape index (κ2) is 5.34. The number of aryl methyl sites for hydroxylation is 1. The van der Waals surface area contributed by atoms with E-state index in [1.54, 1.807) is 24.7 Å². The van der Waals surface area contributed by atoms with Crippen LogP contribution in [0.1, 0.15) is 30.7 Å². The van der Waals surface area contributed by atoms with Crippen molar-refractivity contribution in [1.29, 1.82) is 0 Å². The van der Waals surface area contributed by atoms with Gasteiger partial charge in [0.15, 0.2) is 0 Å². The van der Waals surface area contributed by atoms with Gasteiger partial charge in [0.25, 0.3) is 0 Å². The standard InChI is InChI=1S/C13H15ClN2O/c1-2-7-16-9-15-8-12(16)13(17)10-3-5-11(14)6-4-10/h3-6,8-9,13,17H,2,7H2,1H3. The van der Waals surface area contributed by atoms with Crippen molar-refractivity contribution in [3.05, 3.63) is 53.1 Å². The Hall–Kier alpha value is -1.32. The summed E-state index contributed by atoms with van der Waals surface area (Å²) in [6.45, 7) is 2.96. The summed E-state index contributed by atoms with van der Waals surface area (Å²) in [4.78, 5) is 4.08. The van der Waals surface area contributed by atoms with Crippen LogP contribution in [0.5, 0.6) is 0 Å². The molecule has 0 fully saturated rings. The van der Waals surface area contributed by atoms with E-state index < -0.39 is 6.10 Å². The lowest BCUT2D eigenvalue weighted by atomic mass is 10.1. The first kappa shape index (κ1) is 12.1. The molecule has 0 bridgehead atoms. The van der Waals surface area contributed by atoms with Gasteiger partial charge in [-0.2, -0.15) is 0 Å². The van der Waals surface area contributed by atoms with Gasteiger partial charge in [-0.25, -0.2) is 4.98 Å². The van der Waals surface area contributed by atoms with Crippen molar-refractivity contribution in [3.8, 4) is 0 Å². The van der Waals surface area contributed by atoms with Crippen molar-refractivity contribution >= 4 is 11.6 Å². The Morgan fingerprint density at radius 2 is 2.06 bits per heavy atom. The summed E-state index contributed by atoms with van der Waals surface area (Å²) in [5.74, 6) is 0. The van der Waals surface area contributed by atoms with Crippen molar-refractivity contribution in [3.63, 3.8) is 0 Å². The summed E-state index contributed by atoms with van der Waals surface area (Å²) in [7, 11) is 0. The topological polar surface area (TPSA) is 38.0 Å². The maximum atomic E-state index is 10.3. The molecule has 4 heteroatoms. The van der Waals surface area contributed by atoms with Crippen LogP contribution < -0.4 is 0 Å². The molecule has 1 atom stereocenters. The summed E-state index contributed by atoms with van der Waals surface area (Å²) in [6, 6.07) is 7.22. The van der Waals surface area contributed by atoms with E-state index in [0.717, 1.165) is 24.2 Å². The Kier molecular flexibility index (Phi) is 3.82. The Bertz CT molecular complexity index is 478. The molecular formula is C13H15ClN2O. The van der Waals surface area contributed by atoms with E-state index in [1.165, 1.54) is 0 Å². The fourth-order valence-electron chi connectivity index (χ4n) is 1.80. The highest BCUT2D eigenvalue weighted by molar-refractivity contribution is 6.30. The monoisotopic (exact) mass is 250 g/mol. The van der Waals surface area contributed by atoms with Crippen LogP contribution in [0, 0.1) is 0 Å². The molecule has 0 saturated heterocycles. The van der Waals surface area contributed by atoms with E-state index in [2.05, 4.69) is 11.9 Å². The maximum Gasteiger partial charge on any atom is 0.121 e. The van der Waals surface area contributed by atoms with E-state index in [1.807, 2.05) is 16.7 Å². The average Bonchev–Trinajstić information content (AvgIpc) is 2.78. The molecule has 90 valence electrons. The zero-order chi connectivity index (χ0) is 12.3. The number of imidazole rings is 1. The summed E-state index contributed by atoms with van der Waals surface area (Å²) < 4.78 is 1.97. The average molecular weight is 251 g/mol. The van der Waals surface area contributed by atoms with Gasteiger partial charge in [0, 0.05) is 11.6 Å². The summed E-state index contributed by atoms with van der Waals surface area (Å²) >= 11 is 5.82. The molecule has 2 aromatic rings. The van der Waals surface area contributed by atoms with E-state index in [9.17, 15) is 5.11 Å². The van der Waals surface area contributed by atoms with Gasteiger partial charge in [0.1, 0.15) is 6.10 Å². The molecule has 1 aromatic carbocycles. The lowest BCUT2D eigenvalue weighted by Crippen LogP contribution is -2.07. The van der Waals surface area contributed by atoms with Crippen molar-refractivity contribution in [2.75, 3.05) is 0 Å². The van der Waals surface area contributed by atoms with E-state index in [-0.39, 0.29) is 0 Å². The summed E-state index contributed by atoms with van der Waals surface area (Å²) in [6.07, 6.45) is 3.81. The Morgan fingerprint density at radius 1 is 1.35 bits per heavy atom. The SMILES string of the molecule is CCCn1cncc1C(O)c1ccc(Cl)cc1. The van der Waals surface area contributed by atoms with Crippen LogP contribution in [0.2, 0.25) is 5.02 Å². The number of benzene rings is 1. The number of rotatable bonds is 4. The van der Waals surface area contributed by atoms with E-state index >= 15 is 0 Å². The quantitative estimate of drug-likeness (QED) is 0.906. The zero-order valence-corrected chi connectivity index (χ0v) is 10.4. The van der Waals surface area contributed by atoms with Gasteiger partial charge in [-0.3, -0.25) is 0 Å². The number of hydrogen-bond acceptors (Lipinski definition) is 2. The zero-order valence-electron chi connectivity index (χ0n) is 9.68. The van der Waals surface area contributed by atoms with Crippen LogP contribution in [0.3, 0.4) is 0 Å². The number of aliphatic hydroxyl groups is 1. The highest BCUT2D eigenvalue weighted by Crippen LogP contribution is 2.23. The molecule has 1 heterocycles. The highest BCUT2D eigenvalue weighted by atomic mass is 35.5. The molecule has 1 unspecified atom stereocenters. The molecular weight excluding hydrogens is 236 g/mol. The van der Waals surface area contributed by atoms with Crippen molar-refractivity contribution in [2.24, 2.45) is 0 Å². The summed E-state index contributed by atoms with van der Waals surface area (Å²) in [5, 5.41) is 10.9. The Labute approximate surface area is 106 Å². The third-order valence-electron chi connectivity index (χ3n) is 2.67. The molecule has 0 radical (unpaired) electrons.